The Balaban J connectivity index is 1.97. The van der Waals surface area contributed by atoms with Crippen LogP contribution < -0.4 is 0 Å². The van der Waals surface area contributed by atoms with Gasteiger partial charge in [0.05, 0.1) is 0 Å². The summed E-state index contributed by atoms with van der Waals surface area (Å²) in [5.41, 5.74) is 2.94. The largest absolute Gasteiger partial charge is 0.303 e. The molecule has 1 aromatic rings. The van der Waals surface area contributed by atoms with E-state index in [2.05, 4.69) is 31.2 Å². The molecule has 2 aliphatic carbocycles. The summed E-state index contributed by atoms with van der Waals surface area (Å²) in [6.45, 7) is 2.11. The Hall–Kier alpha value is -1.11. The maximum absolute atomic E-state index is 11.0. The van der Waals surface area contributed by atoms with E-state index in [0.29, 0.717) is 5.92 Å². The monoisotopic (exact) mass is 200 g/mol. The molecule has 2 saturated carbocycles. The Morgan fingerprint density at radius 3 is 2.40 bits per heavy atom. The third-order valence-corrected chi connectivity index (χ3v) is 4.12. The van der Waals surface area contributed by atoms with Crippen molar-refractivity contribution in [2.75, 3.05) is 0 Å². The van der Waals surface area contributed by atoms with Crippen molar-refractivity contribution in [3.8, 4) is 0 Å². The number of aryl methyl sites for hydroxylation is 1. The highest BCUT2D eigenvalue weighted by molar-refractivity contribution is 5.65. The predicted octanol–water partition coefficient (Wildman–Crippen LogP) is 2.86. The van der Waals surface area contributed by atoms with Gasteiger partial charge in [-0.3, -0.25) is 0 Å². The third-order valence-electron chi connectivity index (χ3n) is 4.12. The van der Waals surface area contributed by atoms with Crippen LogP contribution in [0.3, 0.4) is 0 Å². The molecular formula is C14H16O. The molecule has 2 aliphatic rings. The number of benzene rings is 1. The zero-order valence-electron chi connectivity index (χ0n) is 9.07. The first-order valence-corrected chi connectivity index (χ1v) is 5.80. The molecule has 2 fully saturated rings. The molecule has 78 valence electrons. The van der Waals surface area contributed by atoms with E-state index >= 15 is 0 Å². The lowest BCUT2D eigenvalue weighted by atomic mass is 9.88. The van der Waals surface area contributed by atoms with Crippen LogP contribution >= 0.6 is 0 Å². The number of carbonyl (C=O) groups excluding carboxylic acids is 1. The van der Waals surface area contributed by atoms with E-state index in [1.54, 1.807) is 0 Å². The van der Waals surface area contributed by atoms with Crippen molar-refractivity contribution in [2.45, 2.75) is 31.6 Å². The van der Waals surface area contributed by atoms with Gasteiger partial charge in [-0.25, -0.2) is 0 Å². The van der Waals surface area contributed by atoms with Gasteiger partial charge in [-0.2, -0.15) is 0 Å². The van der Waals surface area contributed by atoms with Gasteiger partial charge in [0.1, 0.15) is 6.29 Å². The zero-order valence-corrected chi connectivity index (χ0v) is 9.07. The minimum atomic E-state index is 0.245. The van der Waals surface area contributed by atoms with Crippen LogP contribution in [-0.2, 0) is 10.2 Å². The van der Waals surface area contributed by atoms with Gasteiger partial charge in [0.25, 0.3) is 0 Å². The van der Waals surface area contributed by atoms with Crippen LogP contribution in [0.15, 0.2) is 24.3 Å². The van der Waals surface area contributed by atoms with Crippen LogP contribution in [-0.4, -0.2) is 6.29 Å². The van der Waals surface area contributed by atoms with E-state index in [1.165, 1.54) is 24.0 Å². The molecule has 0 heterocycles. The summed E-state index contributed by atoms with van der Waals surface area (Å²) in [6, 6.07) is 8.77. The molecule has 2 unspecified atom stereocenters. The molecular weight excluding hydrogens is 184 g/mol. The lowest BCUT2D eigenvalue weighted by Crippen LogP contribution is -2.13. The molecule has 0 N–H and O–H groups in total. The first-order chi connectivity index (χ1) is 7.27. The highest BCUT2D eigenvalue weighted by Crippen LogP contribution is 2.65. The van der Waals surface area contributed by atoms with Crippen LogP contribution in [0.25, 0.3) is 0 Å². The zero-order chi connectivity index (χ0) is 10.5. The fourth-order valence-corrected chi connectivity index (χ4v) is 2.97. The smallest absolute Gasteiger partial charge is 0.124 e. The Bertz CT molecular complexity index is 388. The van der Waals surface area contributed by atoms with Gasteiger partial charge in [0.2, 0.25) is 0 Å². The van der Waals surface area contributed by atoms with Gasteiger partial charge in [-0.05, 0) is 37.7 Å². The maximum Gasteiger partial charge on any atom is 0.124 e. The average Bonchev–Trinajstić information content (AvgIpc) is 3.12. The number of aldehydes is 1. The van der Waals surface area contributed by atoms with Crippen LogP contribution in [0.2, 0.25) is 0 Å². The Morgan fingerprint density at radius 2 is 1.93 bits per heavy atom. The molecule has 15 heavy (non-hydrogen) atoms. The molecule has 0 aliphatic heterocycles. The SMILES string of the molecule is Cc1ccc(C2(C3CC3)CC2C=O)cc1. The minimum Gasteiger partial charge on any atom is -0.303 e. The molecule has 1 heteroatoms. The van der Waals surface area contributed by atoms with Crippen molar-refractivity contribution < 1.29 is 4.79 Å². The summed E-state index contributed by atoms with van der Waals surface area (Å²) in [5.74, 6) is 1.09. The minimum absolute atomic E-state index is 0.245. The second-order valence-electron chi connectivity index (χ2n) is 5.13. The summed E-state index contributed by atoms with van der Waals surface area (Å²) in [7, 11) is 0. The first kappa shape index (κ1) is 9.14. The van der Waals surface area contributed by atoms with E-state index in [1.807, 2.05) is 0 Å². The number of carbonyl (C=O) groups is 1. The van der Waals surface area contributed by atoms with Crippen molar-refractivity contribution in [3.05, 3.63) is 35.4 Å². The topological polar surface area (TPSA) is 17.1 Å². The van der Waals surface area contributed by atoms with Gasteiger partial charge in [-0.15, -0.1) is 0 Å². The highest BCUT2D eigenvalue weighted by Gasteiger charge is 2.62. The van der Waals surface area contributed by atoms with Gasteiger partial charge in [0.15, 0.2) is 0 Å². The molecule has 3 rings (SSSR count). The molecule has 0 amide bonds. The van der Waals surface area contributed by atoms with Gasteiger partial charge >= 0.3 is 0 Å². The number of rotatable bonds is 3. The standard InChI is InChI=1S/C14H16O/c1-10-2-4-11(5-3-10)14(12-6-7-12)8-13(14)9-15/h2-5,9,12-13H,6-8H2,1H3. The van der Waals surface area contributed by atoms with Crippen molar-refractivity contribution in [3.63, 3.8) is 0 Å². The molecule has 2 atom stereocenters. The van der Waals surface area contributed by atoms with E-state index in [4.69, 9.17) is 0 Å². The molecule has 0 aromatic heterocycles. The molecule has 0 saturated heterocycles. The fourth-order valence-electron chi connectivity index (χ4n) is 2.97. The Morgan fingerprint density at radius 1 is 1.27 bits per heavy atom. The average molecular weight is 200 g/mol. The summed E-state index contributed by atoms with van der Waals surface area (Å²) in [5, 5.41) is 0. The first-order valence-electron chi connectivity index (χ1n) is 5.80. The normalized spacial score (nSPS) is 33.8. The lowest BCUT2D eigenvalue weighted by molar-refractivity contribution is -0.109. The summed E-state index contributed by atoms with van der Waals surface area (Å²) >= 11 is 0. The van der Waals surface area contributed by atoms with Crippen LogP contribution in [0.4, 0.5) is 0 Å². The van der Waals surface area contributed by atoms with E-state index in [9.17, 15) is 4.79 Å². The van der Waals surface area contributed by atoms with Crippen molar-refractivity contribution in [1.82, 2.24) is 0 Å². The van der Waals surface area contributed by atoms with Gasteiger partial charge in [-0.1, -0.05) is 29.8 Å². The van der Waals surface area contributed by atoms with Crippen LogP contribution in [0.1, 0.15) is 30.4 Å². The Labute approximate surface area is 90.5 Å². The molecule has 0 radical (unpaired) electrons. The number of hydrogen-bond donors (Lipinski definition) is 0. The predicted molar refractivity (Wildman–Crippen MR) is 59.8 cm³/mol. The second kappa shape index (κ2) is 2.94. The number of hydrogen-bond acceptors (Lipinski definition) is 1. The lowest BCUT2D eigenvalue weighted by Gasteiger charge is -2.15. The van der Waals surface area contributed by atoms with Gasteiger partial charge in [0, 0.05) is 11.3 Å². The van der Waals surface area contributed by atoms with Crippen molar-refractivity contribution in [2.24, 2.45) is 11.8 Å². The molecule has 1 nitrogen and oxygen atoms in total. The van der Waals surface area contributed by atoms with E-state index in [-0.39, 0.29) is 5.41 Å². The third kappa shape index (κ3) is 1.26. The van der Waals surface area contributed by atoms with Crippen molar-refractivity contribution in [1.29, 1.82) is 0 Å². The Kier molecular flexibility index (Phi) is 1.79. The highest BCUT2D eigenvalue weighted by atomic mass is 16.1. The van der Waals surface area contributed by atoms with Gasteiger partial charge < -0.3 is 4.79 Å². The van der Waals surface area contributed by atoms with Crippen LogP contribution in [0.5, 0.6) is 0 Å². The molecule has 1 aromatic carbocycles. The second-order valence-corrected chi connectivity index (χ2v) is 5.13. The summed E-state index contributed by atoms with van der Waals surface area (Å²) < 4.78 is 0. The molecule has 0 bridgehead atoms. The summed E-state index contributed by atoms with van der Waals surface area (Å²) in [4.78, 5) is 11.0. The van der Waals surface area contributed by atoms with E-state index in [0.717, 1.165) is 18.6 Å². The summed E-state index contributed by atoms with van der Waals surface area (Å²) in [6.07, 6.45) is 4.89. The van der Waals surface area contributed by atoms with E-state index < -0.39 is 0 Å². The van der Waals surface area contributed by atoms with Crippen LogP contribution in [0, 0.1) is 18.8 Å². The molecule has 0 spiro atoms. The quantitative estimate of drug-likeness (QED) is 0.686. The fraction of sp³-hybridized carbons (Fsp3) is 0.500. The van der Waals surface area contributed by atoms with Crippen molar-refractivity contribution >= 4 is 6.29 Å². The maximum atomic E-state index is 11.0.